The number of methoxy groups -OCH3 is 1. The highest BCUT2D eigenvalue weighted by molar-refractivity contribution is 5.87. The standard InChI is InChI=1S/C13H18N2O3/c1-13(2,3)18-12(16)6-5-9-7-11(17-4)10(14)8-15-9/h5-8H,14H2,1-4H3. The van der Waals surface area contributed by atoms with Crippen molar-refractivity contribution in [3.63, 3.8) is 0 Å². The van der Waals surface area contributed by atoms with Gasteiger partial charge in [0.2, 0.25) is 0 Å². The van der Waals surface area contributed by atoms with Crippen molar-refractivity contribution < 1.29 is 14.3 Å². The van der Waals surface area contributed by atoms with E-state index in [9.17, 15) is 4.79 Å². The molecule has 1 heterocycles. The smallest absolute Gasteiger partial charge is 0.331 e. The number of carbonyl (C=O) groups excluding carboxylic acids is 1. The first-order valence-electron chi connectivity index (χ1n) is 5.52. The Morgan fingerprint density at radius 2 is 2.11 bits per heavy atom. The Morgan fingerprint density at radius 1 is 1.44 bits per heavy atom. The molecule has 0 amide bonds. The number of nitrogen functional groups attached to an aromatic ring is 1. The average molecular weight is 250 g/mol. The Kier molecular flexibility index (Phi) is 4.31. The molecular formula is C13H18N2O3. The third-order valence-electron chi connectivity index (χ3n) is 1.93. The molecular weight excluding hydrogens is 232 g/mol. The molecule has 5 nitrogen and oxygen atoms in total. The van der Waals surface area contributed by atoms with Gasteiger partial charge in [-0.15, -0.1) is 0 Å². The Morgan fingerprint density at radius 3 is 2.67 bits per heavy atom. The van der Waals surface area contributed by atoms with Gasteiger partial charge in [-0.1, -0.05) is 0 Å². The number of ether oxygens (including phenoxy) is 2. The van der Waals surface area contributed by atoms with Gasteiger partial charge in [-0.3, -0.25) is 4.98 Å². The van der Waals surface area contributed by atoms with Crippen molar-refractivity contribution in [2.45, 2.75) is 26.4 Å². The molecule has 5 heteroatoms. The summed E-state index contributed by atoms with van der Waals surface area (Å²) in [5, 5.41) is 0. The summed E-state index contributed by atoms with van der Waals surface area (Å²) in [5.41, 5.74) is 6.16. The minimum absolute atomic E-state index is 0.417. The Balaban J connectivity index is 2.76. The van der Waals surface area contributed by atoms with Crippen LogP contribution in [0.4, 0.5) is 5.69 Å². The number of anilines is 1. The maximum atomic E-state index is 11.5. The minimum Gasteiger partial charge on any atom is -0.494 e. The van der Waals surface area contributed by atoms with Crippen LogP contribution >= 0.6 is 0 Å². The van der Waals surface area contributed by atoms with Crippen LogP contribution in [0.2, 0.25) is 0 Å². The summed E-state index contributed by atoms with van der Waals surface area (Å²) in [7, 11) is 1.52. The number of pyridine rings is 1. The molecule has 0 fully saturated rings. The summed E-state index contributed by atoms with van der Waals surface area (Å²) in [6.45, 7) is 5.43. The van der Waals surface area contributed by atoms with E-state index in [1.165, 1.54) is 19.4 Å². The lowest BCUT2D eigenvalue weighted by molar-refractivity contribution is -0.148. The van der Waals surface area contributed by atoms with E-state index in [4.69, 9.17) is 15.2 Å². The molecule has 0 spiro atoms. The van der Waals surface area contributed by atoms with Gasteiger partial charge < -0.3 is 15.2 Å². The maximum absolute atomic E-state index is 11.5. The fraction of sp³-hybridized carbons (Fsp3) is 0.385. The van der Waals surface area contributed by atoms with E-state index in [2.05, 4.69) is 4.98 Å². The van der Waals surface area contributed by atoms with Gasteiger partial charge in [-0.25, -0.2) is 4.79 Å². The summed E-state index contributed by atoms with van der Waals surface area (Å²) in [6.07, 6.45) is 4.35. The molecule has 2 N–H and O–H groups in total. The molecule has 0 radical (unpaired) electrons. The van der Waals surface area contributed by atoms with Gasteiger partial charge in [0, 0.05) is 12.1 Å². The Bertz CT molecular complexity index is 462. The molecule has 0 saturated heterocycles. The first-order valence-corrected chi connectivity index (χ1v) is 5.52. The van der Waals surface area contributed by atoms with Crippen molar-refractivity contribution in [2.24, 2.45) is 0 Å². The zero-order chi connectivity index (χ0) is 13.8. The van der Waals surface area contributed by atoms with Crippen LogP contribution in [-0.2, 0) is 9.53 Å². The SMILES string of the molecule is COc1cc(C=CC(=O)OC(C)(C)C)ncc1N. The van der Waals surface area contributed by atoms with Crippen molar-refractivity contribution in [3.8, 4) is 5.75 Å². The van der Waals surface area contributed by atoms with E-state index in [1.807, 2.05) is 20.8 Å². The minimum atomic E-state index is -0.506. The first kappa shape index (κ1) is 14.0. The largest absolute Gasteiger partial charge is 0.494 e. The zero-order valence-electron chi connectivity index (χ0n) is 11.1. The number of nitrogens with zero attached hydrogens (tertiary/aromatic N) is 1. The maximum Gasteiger partial charge on any atom is 0.331 e. The molecule has 0 atom stereocenters. The number of aromatic nitrogens is 1. The Hall–Kier alpha value is -2.04. The van der Waals surface area contributed by atoms with Crippen molar-refractivity contribution in [2.75, 3.05) is 12.8 Å². The number of hydrogen-bond acceptors (Lipinski definition) is 5. The van der Waals surface area contributed by atoms with Gasteiger partial charge in [0.15, 0.2) is 0 Å². The third-order valence-corrected chi connectivity index (χ3v) is 1.93. The van der Waals surface area contributed by atoms with Crippen LogP contribution in [0, 0.1) is 0 Å². The van der Waals surface area contributed by atoms with Crippen molar-refractivity contribution in [1.29, 1.82) is 0 Å². The fourth-order valence-electron chi connectivity index (χ4n) is 1.22. The Labute approximate surface area is 107 Å². The summed E-state index contributed by atoms with van der Waals surface area (Å²) in [4.78, 5) is 15.5. The second-order valence-electron chi connectivity index (χ2n) is 4.72. The summed E-state index contributed by atoms with van der Waals surface area (Å²) < 4.78 is 10.2. The third kappa shape index (κ3) is 4.45. The molecule has 1 aromatic rings. The normalized spacial score (nSPS) is 11.6. The highest BCUT2D eigenvalue weighted by Crippen LogP contribution is 2.20. The molecule has 0 aliphatic rings. The molecule has 18 heavy (non-hydrogen) atoms. The lowest BCUT2D eigenvalue weighted by atomic mass is 10.2. The van der Waals surface area contributed by atoms with E-state index in [-0.39, 0.29) is 0 Å². The van der Waals surface area contributed by atoms with Crippen molar-refractivity contribution in [3.05, 3.63) is 24.0 Å². The molecule has 0 saturated carbocycles. The van der Waals surface area contributed by atoms with Gasteiger partial charge in [0.1, 0.15) is 11.4 Å². The average Bonchev–Trinajstić information content (AvgIpc) is 2.25. The van der Waals surface area contributed by atoms with Crippen molar-refractivity contribution in [1.82, 2.24) is 4.98 Å². The van der Waals surface area contributed by atoms with Crippen LogP contribution in [-0.4, -0.2) is 23.7 Å². The lowest BCUT2D eigenvalue weighted by Crippen LogP contribution is -2.22. The van der Waals surface area contributed by atoms with Crippen LogP contribution in [0.25, 0.3) is 6.08 Å². The van der Waals surface area contributed by atoms with Crippen LogP contribution < -0.4 is 10.5 Å². The van der Waals surface area contributed by atoms with Crippen LogP contribution in [0.5, 0.6) is 5.75 Å². The van der Waals surface area contributed by atoms with Gasteiger partial charge in [0.25, 0.3) is 0 Å². The predicted octanol–water partition coefficient (Wildman–Crippen LogP) is 2.03. The molecule has 0 aliphatic carbocycles. The highest BCUT2D eigenvalue weighted by atomic mass is 16.6. The second-order valence-corrected chi connectivity index (χ2v) is 4.72. The second kappa shape index (κ2) is 5.53. The van der Waals surface area contributed by atoms with Crippen LogP contribution in [0.15, 0.2) is 18.3 Å². The lowest BCUT2D eigenvalue weighted by Gasteiger charge is -2.17. The summed E-state index contributed by atoms with van der Waals surface area (Å²) in [5.74, 6) is 0.105. The first-order chi connectivity index (χ1) is 8.31. The molecule has 0 aliphatic heterocycles. The number of hydrogen-bond donors (Lipinski definition) is 1. The van der Waals surface area contributed by atoms with Gasteiger partial charge in [0.05, 0.1) is 24.7 Å². The van der Waals surface area contributed by atoms with E-state index >= 15 is 0 Å². The quantitative estimate of drug-likeness (QED) is 0.656. The topological polar surface area (TPSA) is 74.4 Å². The molecule has 0 unspecified atom stereocenters. The molecule has 98 valence electrons. The number of carbonyl (C=O) groups is 1. The molecule has 0 aromatic carbocycles. The van der Waals surface area contributed by atoms with Gasteiger partial charge in [-0.2, -0.15) is 0 Å². The summed E-state index contributed by atoms with van der Waals surface area (Å²) in [6, 6.07) is 1.65. The number of esters is 1. The van der Waals surface area contributed by atoms with Crippen LogP contribution in [0.1, 0.15) is 26.5 Å². The van der Waals surface area contributed by atoms with E-state index in [0.717, 1.165) is 0 Å². The molecule has 1 rings (SSSR count). The zero-order valence-corrected chi connectivity index (χ0v) is 11.1. The molecule has 1 aromatic heterocycles. The van der Waals surface area contributed by atoms with E-state index in [0.29, 0.717) is 17.1 Å². The van der Waals surface area contributed by atoms with Crippen molar-refractivity contribution >= 4 is 17.7 Å². The van der Waals surface area contributed by atoms with Gasteiger partial charge >= 0.3 is 5.97 Å². The van der Waals surface area contributed by atoms with E-state index in [1.54, 1.807) is 12.1 Å². The van der Waals surface area contributed by atoms with E-state index < -0.39 is 11.6 Å². The predicted molar refractivity (Wildman–Crippen MR) is 70.1 cm³/mol. The van der Waals surface area contributed by atoms with Gasteiger partial charge in [-0.05, 0) is 26.8 Å². The van der Waals surface area contributed by atoms with Crippen LogP contribution in [0.3, 0.4) is 0 Å². The fourth-order valence-corrected chi connectivity index (χ4v) is 1.22. The summed E-state index contributed by atoms with van der Waals surface area (Å²) >= 11 is 0. The number of nitrogens with two attached hydrogens (primary N) is 1. The monoisotopic (exact) mass is 250 g/mol. The molecule has 0 bridgehead atoms. The number of rotatable bonds is 3. The highest BCUT2D eigenvalue weighted by Gasteiger charge is 2.13.